The van der Waals surface area contributed by atoms with E-state index in [2.05, 4.69) is 14.9 Å². The van der Waals surface area contributed by atoms with Crippen molar-refractivity contribution >= 4 is 23.6 Å². The van der Waals surface area contributed by atoms with Crippen LogP contribution in [0.2, 0.25) is 5.02 Å². The van der Waals surface area contributed by atoms with Crippen molar-refractivity contribution in [1.29, 1.82) is 0 Å². The van der Waals surface area contributed by atoms with Crippen LogP contribution in [0.1, 0.15) is 19.4 Å². The van der Waals surface area contributed by atoms with Gasteiger partial charge in [0, 0.05) is 17.2 Å². The maximum Gasteiger partial charge on any atom is 0.330 e. The van der Waals surface area contributed by atoms with Crippen molar-refractivity contribution in [3.05, 3.63) is 59.1 Å². The van der Waals surface area contributed by atoms with E-state index in [0.717, 1.165) is 16.7 Å². The van der Waals surface area contributed by atoms with Gasteiger partial charge in [0.25, 0.3) is 5.89 Å². The molecule has 0 radical (unpaired) electrons. The monoisotopic (exact) mass is 398 g/mol. The highest BCUT2D eigenvalue weighted by Gasteiger charge is 2.13. The normalized spacial score (nSPS) is 11.2. The first-order chi connectivity index (χ1) is 13.5. The maximum absolute atomic E-state index is 11.1. The lowest BCUT2D eigenvalue weighted by Crippen LogP contribution is -2.05. The van der Waals surface area contributed by atoms with Crippen LogP contribution in [-0.2, 0) is 9.53 Å². The van der Waals surface area contributed by atoms with Crippen LogP contribution in [0.25, 0.3) is 28.9 Å². The molecule has 0 aliphatic rings. The molecule has 0 N–H and O–H groups in total. The highest BCUT2D eigenvalue weighted by atomic mass is 35.5. The Hall–Kier alpha value is -3.12. The number of nitrogens with zero attached hydrogens (tertiary/aromatic N) is 2. The Morgan fingerprint density at radius 3 is 2.50 bits per heavy atom. The number of aromatic nitrogens is 2. The maximum atomic E-state index is 11.1. The minimum atomic E-state index is -0.408. The second-order valence-electron chi connectivity index (χ2n) is 6.21. The van der Waals surface area contributed by atoms with E-state index in [1.54, 1.807) is 18.2 Å². The van der Waals surface area contributed by atoms with Crippen LogP contribution in [-0.4, -0.2) is 29.3 Å². The summed E-state index contributed by atoms with van der Waals surface area (Å²) in [5.74, 6) is 1.02. The number of hydrogen-bond acceptors (Lipinski definition) is 6. The van der Waals surface area contributed by atoms with Crippen LogP contribution in [0.4, 0.5) is 0 Å². The molecule has 0 aliphatic heterocycles. The van der Waals surface area contributed by atoms with E-state index in [0.29, 0.717) is 22.5 Å². The van der Waals surface area contributed by atoms with Crippen LogP contribution in [0, 0.1) is 0 Å². The third kappa shape index (κ3) is 4.78. The van der Waals surface area contributed by atoms with Gasteiger partial charge in [0.15, 0.2) is 0 Å². The van der Waals surface area contributed by atoms with Crippen molar-refractivity contribution in [2.24, 2.45) is 0 Å². The summed E-state index contributed by atoms with van der Waals surface area (Å²) in [6, 6.07) is 12.7. The molecule has 6 nitrogen and oxygen atoms in total. The summed E-state index contributed by atoms with van der Waals surface area (Å²) in [6.45, 7) is 3.87. The third-order valence-corrected chi connectivity index (χ3v) is 4.04. The number of carbonyl (C=O) groups is 1. The average Bonchev–Trinajstić information content (AvgIpc) is 3.18. The lowest BCUT2D eigenvalue weighted by atomic mass is 10.1. The number of hydrogen-bond donors (Lipinski definition) is 0. The average molecular weight is 399 g/mol. The predicted molar refractivity (Wildman–Crippen MR) is 107 cm³/mol. The molecule has 3 rings (SSSR count). The molecule has 28 heavy (non-hydrogen) atoms. The second-order valence-corrected chi connectivity index (χ2v) is 6.62. The fourth-order valence-corrected chi connectivity index (χ4v) is 2.64. The molecule has 0 saturated carbocycles. The molecule has 1 heterocycles. The van der Waals surface area contributed by atoms with Crippen LogP contribution < -0.4 is 4.74 Å². The molecule has 0 aliphatic carbocycles. The Morgan fingerprint density at radius 2 is 1.86 bits per heavy atom. The second kappa shape index (κ2) is 8.71. The molecule has 0 atom stereocenters. The largest absolute Gasteiger partial charge is 0.489 e. The highest BCUT2D eigenvalue weighted by Crippen LogP contribution is 2.31. The first kappa shape index (κ1) is 19.6. The highest BCUT2D eigenvalue weighted by molar-refractivity contribution is 6.32. The van der Waals surface area contributed by atoms with Crippen molar-refractivity contribution in [1.82, 2.24) is 10.1 Å². The van der Waals surface area contributed by atoms with E-state index in [9.17, 15) is 4.79 Å². The molecule has 0 amide bonds. The van der Waals surface area contributed by atoms with Gasteiger partial charge in [-0.25, -0.2) is 4.79 Å². The molecule has 2 aromatic carbocycles. The molecular weight excluding hydrogens is 380 g/mol. The SMILES string of the molecule is COC(=O)C=Cc1ccc(-c2nc(-c3ccc(OC(C)C)c(Cl)c3)no2)cc1. The van der Waals surface area contributed by atoms with Gasteiger partial charge in [-0.15, -0.1) is 0 Å². The third-order valence-electron chi connectivity index (χ3n) is 3.75. The Bertz CT molecular complexity index is 994. The first-order valence-electron chi connectivity index (χ1n) is 8.63. The van der Waals surface area contributed by atoms with Gasteiger partial charge in [0.1, 0.15) is 5.75 Å². The molecular formula is C21H19ClN2O4. The van der Waals surface area contributed by atoms with Crippen LogP contribution in [0.5, 0.6) is 5.75 Å². The summed E-state index contributed by atoms with van der Waals surface area (Å²) in [5.41, 5.74) is 2.34. The zero-order valence-corrected chi connectivity index (χ0v) is 16.4. The van der Waals surface area contributed by atoms with Gasteiger partial charge >= 0.3 is 5.97 Å². The lowest BCUT2D eigenvalue weighted by Gasteiger charge is -2.11. The molecule has 144 valence electrons. The number of ether oxygens (including phenoxy) is 2. The van der Waals surface area contributed by atoms with Gasteiger partial charge in [-0.2, -0.15) is 4.98 Å². The topological polar surface area (TPSA) is 74.5 Å². The summed E-state index contributed by atoms with van der Waals surface area (Å²) in [7, 11) is 1.33. The molecule has 3 aromatic rings. The number of benzene rings is 2. The summed E-state index contributed by atoms with van der Waals surface area (Å²) >= 11 is 6.28. The van der Waals surface area contributed by atoms with Gasteiger partial charge in [-0.05, 0) is 55.8 Å². The van der Waals surface area contributed by atoms with E-state index in [1.165, 1.54) is 13.2 Å². The smallest absolute Gasteiger partial charge is 0.330 e. The van der Waals surface area contributed by atoms with E-state index in [4.69, 9.17) is 20.9 Å². The standard InChI is InChI=1S/C21H19ClN2O4/c1-13(2)27-18-10-9-16(12-17(18)22)20-23-21(28-24-20)15-7-4-14(5-8-15)6-11-19(25)26-3/h4-13H,1-3H3. The van der Waals surface area contributed by atoms with Crippen molar-refractivity contribution in [2.45, 2.75) is 20.0 Å². The fraction of sp³-hybridized carbons (Fsp3) is 0.190. The van der Waals surface area contributed by atoms with Crippen LogP contribution >= 0.6 is 11.6 Å². The van der Waals surface area contributed by atoms with Crippen molar-refractivity contribution in [3.8, 4) is 28.6 Å². The number of halogens is 1. The molecule has 1 aromatic heterocycles. The number of methoxy groups -OCH3 is 1. The van der Waals surface area contributed by atoms with Gasteiger partial charge < -0.3 is 14.0 Å². The number of esters is 1. The molecule has 0 bridgehead atoms. The summed E-state index contributed by atoms with van der Waals surface area (Å²) in [6.07, 6.45) is 3.05. The molecule has 0 saturated heterocycles. The summed E-state index contributed by atoms with van der Waals surface area (Å²) in [4.78, 5) is 15.6. The van der Waals surface area contributed by atoms with Gasteiger partial charge in [0.2, 0.25) is 5.82 Å². The molecule has 7 heteroatoms. The zero-order valence-electron chi connectivity index (χ0n) is 15.7. The predicted octanol–water partition coefficient (Wildman–Crippen LogP) is 5.03. The Balaban J connectivity index is 1.78. The summed E-state index contributed by atoms with van der Waals surface area (Å²) < 4.78 is 15.6. The fourth-order valence-electron chi connectivity index (χ4n) is 2.42. The van der Waals surface area contributed by atoms with Crippen molar-refractivity contribution in [3.63, 3.8) is 0 Å². The zero-order chi connectivity index (χ0) is 20.1. The molecule has 0 fully saturated rings. The minimum absolute atomic E-state index is 0.0329. The van der Waals surface area contributed by atoms with Crippen molar-refractivity contribution < 1.29 is 18.8 Å². The summed E-state index contributed by atoms with van der Waals surface area (Å²) in [5, 5.41) is 4.51. The number of rotatable bonds is 6. The Labute approximate surface area is 167 Å². The number of carbonyl (C=O) groups excluding carboxylic acids is 1. The van der Waals surface area contributed by atoms with Crippen LogP contribution in [0.15, 0.2) is 53.1 Å². The Kier molecular flexibility index (Phi) is 6.11. The van der Waals surface area contributed by atoms with E-state index >= 15 is 0 Å². The van der Waals surface area contributed by atoms with Crippen LogP contribution in [0.3, 0.4) is 0 Å². The van der Waals surface area contributed by atoms with Crippen molar-refractivity contribution in [2.75, 3.05) is 7.11 Å². The minimum Gasteiger partial charge on any atom is -0.489 e. The molecule has 0 spiro atoms. The first-order valence-corrected chi connectivity index (χ1v) is 9.01. The quantitative estimate of drug-likeness (QED) is 0.428. The molecule has 0 unspecified atom stereocenters. The lowest BCUT2D eigenvalue weighted by molar-refractivity contribution is -0.134. The van der Waals surface area contributed by atoms with Gasteiger partial charge in [-0.1, -0.05) is 28.9 Å². The van der Waals surface area contributed by atoms with E-state index in [1.807, 2.05) is 44.2 Å². The van der Waals surface area contributed by atoms with E-state index in [-0.39, 0.29) is 6.10 Å². The Morgan fingerprint density at radius 1 is 1.14 bits per heavy atom. The van der Waals surface area contributed by atoms with E-state index < -0.39 is 5.97 Å². The van der Waals surface area contributed by atoms with Gasteiger partial charge in [-0.3, -0.25) is 0 Å². The van der Waals surface area contributed by atoms with Gasteiger partial charge in [0.05, 0.1) is 18.2 Å².